The number of carbonyl (C=O) groups is 1. The van der Waals surface area contributed by atoms with Gasteiger partial charge < -0.3 is 9.47 Å². The average Bonchev–Trinajstić information content (AvgIpc) is 2.96. The van der Waals surface area contributed by atoms with Crippen molar-refractivity contribution in [3.63, 3.8) is 0 Å². The van der Waals surface area contributed by atoms with Crippen molar-refractivity contribution in [2.24, 2.45) is 0 Å². The van der Waals surface area contributed by atoms with Crippen LogP contribution in [0.4, 0.5) is 13.9 Å². The first-order valence-electron chi connectivity index (χ1n) is 6.86. The number of alkyl halides is 2. The maximum atomic E-state index is 12.3. The van der Waals surface area contributed by atoms with Crippen LogP contribution in [0.3, 0.4) is 0 Å². The van der Waals surface area contributed by atoms with Crippen molar-refractivity contribution < 1.29 is 23.0 Å². The third-order valence-corrected chi connectivity index (χ3v) is 4.08. The van der Waals surface area contributed by atoms with Gasteiger partial charge in [-0.1, -0.05) is 23.5 Å². The van der Waals surface area contributed by atoms with Gasteiger partial charge in [0.25, 0.3) is 5.91 Å². The molecule has 0 aliphatic heterocycles. The lowest BCUT2D eigenvalue weighted by molar-refractivity contribution is -0.0498. The number of amides is 1. The van der Waals surface area contributed by atoms with Crippen LogP contribution in [0.15, 0.2) is 42.5 Å². The summed E-state index contributed by atoms with van der Waals surface area (Å²) in [5.41, 5.74) is 0.842. The number of carbonyl (C=O) groups excluding carboxylic acids is 1. The van der Waals surface area contributed by atoms with E-state index in [1.54, 1.807) is 13.2 Å². The largest absolute Gasteiger partial charge is 0.494 e. The van der Waals surface area contributed by atoms with E-state index in [-0.39, 0.29) is 11.3 Å². The van der Waals surface area contributed by atoms with Crippen LogP contribution in [0.1, 0.15) is 10.4 Å². The second kappa shape index (κ2) is 6.79. The van der Waals surface area contributed by atoms with Crippen LogP contribution in [0.2, 0.25) is 0 Å². The molecule has 0 spiro atoms. The lowest BCUT2D eigenvalue weighted by atomic mass is 10.2. The minimum atomic E-state index is -2.94. The zero-order valence-corrected chi connectivity index (χ0v) is 13.3. The van der Waals surface area contributed by atoms with Gasteiger partial charge in [0.05, 0.1) is 11.8 Å². The predicted molar refractivity (Wildman–Crippen MR) is 87.2 cm³/mol. The van der Waals surface area contributed by atoms with E-state index in [1.807, 2.05) is 12.1 Å². The number of nitrogens with one attached hydrogen (secondary N) is 1. The van der Waals surface area contributed by atoms with Gasteiger partial charge >= 0.3 is 6.61 Å². The lowest BCUT2D eigenvalue weighted by Crippen LogP contribution is -2.12. The first-order chi connectivity index (χ1) is 11.6. The van der Waals surface area contributed by atoms with E-state index in [0.717, 1.165) is 4.70 Å². The van der Waals surface area contributed by atoms with E-state index in [4.69, 9.17) is 4.74 Å². The number of hydrogen-bond donors (Lipinski definition) is 1. The molecule has 3 aromatic rings. The number of hydrogen-bond acceptors (Lipinski definition) is 5. The first kappa shape index (κ1) is 16.1. The molecule has 8 heteroatoms. The Labute approximate surface area is 139 Å². The molecule has 1 heterocycles. The molecule has 5 nitrogen and oxygen atoms in total. The lowest BCUT2D eigenvalue weighted by Gasteiger charge is -2.06. The number of halogens is 2. The molecule has 124 valence electrons. The van der Waals surface area contributed by atoms with Crippen LogP contribution in [-0.2, 0) is 0 Å². The fourth-order valence-electron chi connectivity index (χ4n) is 2.12. The molecule has 1 aromatic heterocycles. The van der Waals surface area contributed by atoms with Gasteiger partial charge in [0.15, 0.2) is 5.13 Å². The second-order valence-corrected chi connectivity index (χ2v) is 5.72. The van der Waals surface area contributed by atoms with Gasteiger partial charge in [0.2, 0.25) is 0 Å². The van der Waals surface area contributed by atoms with E-state index in [1.165, 1.54) is 35.6 Å². The molecule has 0 aliphatic carbocycles. The number of aromatic nitrogens is 1. The van der Waals surface area contributed by atoms with E-state index in [9.17, 15) is 13.6 Å². The Bertz CT molecular complexity index is 883. The Morgan fingerprint density at radius 2 is 2.04 bits per heavy atom. The van der Waals surface area contributed by atoms with Crippen LogP contribution < -0.4 is 14.8 Å². The zero-order chi connectivity index (χ0) is 17.1. The molecule has 0 radical (unpaired) electrons. The molecule has 0 atom stereocenters. The van der Waals surface area contributed by atoms with E-state index < -0.39 is 12.5 Å². The third kappa shape index (κ3) is 3.43. The first-order valence-corrected chi connectivity index (χ1v) is 7.68. The normalized spacial score (nSPS) is 10.8. The topological polar surface area (TPSA) is 60.5 Å². The number of benzene rings is 2. The summed E-state index contributed by atoms with van der Waals surface area (Å²) >= 11 is 1.29. The fourth-order valence-corrected chi connectivity index (χ4v) is 3.00. The number of anilines is 1. The number of methoxy groups -OCH3 is 1. The van der Waals surface area contributed by atoms with E-state index in [0.29, 0.717) is 16.4 Å². The summed E-state index contributed by atoms with van der Waals surface area (Å²) in [6, 6.07) is 11.0. The molecular weight excluding hydrogens is 338 g/mol. The summed E-state index contributed by atoms with van der Waals surface area (Å²) in [6.07, 6.45) is 0. The maximum Gasteiger partial charge on any atom is 0.387 e. The summed E-state index contributed by atoms with van der Waals surface area (Å²) in [7, 11) is 1.54. The van der Waals surface area contributed by atoms with Crippen molar-refractivity contribution in [1.29, 1.82) is 0 Å². The van der Waals surface area contributed by atoms with Gasteiger partial charge in [0, 0.05) is 5.56 Å². The number of fused-ring (bicyclic) bond motifs is 1. The quantitative estimate of drug-likeness (QED) is 0.751. The van der Waals surface area contributed by atoms with Crippen molar-refractivity contribution in [2.45, 2.75) is 6.61 Å². The van der Waals surface area contributed by atoms with Gasteiger partial charge in [-0.25, -0.2) is 4.98 Å². The van der Waals surface area contributed by atoms with Crippen LogP contribution in [0.5, 0.6) is 11.5 Å². The third-order valence-electron chi connectivity index (χ3n) is 3.14. The highest BCUT2D eigenvalue weighted by atomic mass is 32.1. The Morgan fingerprint density at radius 1 is 1.25 bits per heavy atom. The predicted octanol–water partition coefficient (Wildman–Crippen LogP) is 4.16. The number of nitrogens with zero attached hydrogens (tertiary/aromatic N) is 1. The van der Waals surface area contributed by atoms with E-state index in [2.05, 4.69) is 15.0 Å². The molecule has 1 amide bonds. The number of thiazole rings is 1. The summed E-state index contributed by atoms with van der Waals surface area (Å²) in [4.78, 5) is 16.6. The Kier molecular flexibility index (Phi) is 4.57. The highest BCUT2D eigenvalue weighted by Crippen LogP contribution is 2.32. The van der Waals surface area contributed by atoms with Crippen molar-refractivity contribution in [2.75, 3.05) is 12.4 Å². The van der Waals surface area contributed by atoms with Crippen LogP contribution in [0.25, 0.3) is 10.2 Å². The maximum absolute atomic E-state index is 12.3. The average molecular weight is 350 g/mol. The molecule has 1 N–H and O–H groups in total. The molecule has 2 aromatic carbocycles. The summed E-state index contributed by atoms with van der Waals surface area (Å²) in [6.45, 7) is -2.94. The van der Waals surface area contributed by atoms with Crippen LogP contribution in [-0.4, -0.2) is 24.6 Å². The number of ether oxygens (including phenoxy) is 2. The minimum absolute atomic E-state index is 0.0800. The summed E-state index contributed by atoms with van der Waals surface area (Å²) in [5.74, 6) is 0.0629. The van der Waals surface area contributed by atoms with Crippen molar-refractivity contribution in [3.8, 4) is 11.5 Å². The Balaban J connectivity index is 1.82. The monoisotopic (exact) mass is 350 g/mol. The van der Waals surface area contributed by atoms with Gasteiger partial charge in [-0.05, 0) is 30.3 Å². The van der Waals surface area contributed by atoms with Crippen molar-refractivity contribution in [1.82, 2.24) is 4.98 Å². The zero-order valence-electron chi connectivity index (χ0n) is 12.5. The molecule has 24 heavy (non-hydrogen) atoms. The highest BCUT2D eigenvalue weighted by molar-refractivity contribution is 7.22. The molecule has 0 saturated heterocycles. The Morgan fingerprint density at radius 3 is 2.79 bits per heavy atom. The second-order valence-electron chi connectivity index (χ2n) is 4.69. The summed E-state index contributed by atoms with van der Waals surface area (Å²) < 4.78 is 34.9. The van der Waals surface area contributed by atoms with Crippen LogP contribution >= 0.6 is 11.3 Å². The fraction of sp³-hybridized carbons (Fsp3) is 0.125. The highest BCUT2D eigenvalue weighted by Gasteiger charge is 2.13. The smallest absolute Gasteiger partial charge is 0.387 e. The molecule has 0 bridgehead atoms. The molecule has 0 saturated carbocycles. The van der Waals surface area contributed by atoms with Crippen molar-refractivity contribution in [3.05, 3.63) is 48.0 Å². The molecule has 0 aliphatic rings. The number of para-hydroxylation sites is 1. The van der Waals surface area contributed by atoms with Gasteiger partial charge in [-0.15, -0.1) is 0 Å². The summed E-state index contributed by atoms with van der Waals surface area (Å²) in [5, 5.41) is 3.04. The van der Waals surface area contributed by atoms with Crippen LogP contribution in [0, 0.1) is 0 Å². The van der Waals surface area contributed by atoms with Crippen molar-refractivity contribution >= 4 is 32.6 Å². The van der Waals surface area contributed by atoms with Gasteiger partial charge in [0.1, 0.15) is 17.0 Å². The number of rotatable bonds is 5. The van der Waals surface area contributed by atoms with E-state index >= 15 is 0 Å². The van der Waals surface area contributed by atoms with Gasteiger partial charge in [-0.2, -0.15) is 8.78 Å². The SMILES string of the molecule is COc1cccc2sc(NC(=O)c3cccc(OC(F)F)c3)nc12. The molecule has 3 rings (SSSR count). The molecular formula is C16H12F2N2O3S. The Hall–Kier alpha value is -2.74. The minimum Gasteiger partial charge on any atom is -0.494 e. The van der Waals surface area contributed by atoms with Gasteiger partial charge in [-0.3, -0.25) is 10.1 Å². The molecule has 0 unspecified atom stereocenters. The molecule has 0 fully saturated rings. The standard InChI is InChI=1S/C16H12F2N2O3S/c1-22-11-6-3-7-12-13(11)19-16(24-12)20-14(21)9-4-2-5-10(8-9)23-15(17)18/h2-8,15H,1H3,(H,19,20,21).